The van der Waals surface area contributed by atoms with Gasteiger partial charge in [-0.25, -0.2) is 0 Å². The van der Waals surface area contributed by atoms with Crippen molar-refractivity contribution >= 4 is 0 Å². The first-order valence-electron chi connectivity index (χ1n) is 6.18. The van der Waals surface area contributed by atoms with Gasteiger partial charge in [0.25, 0.3) is 0 Å². The molecule has 2 heteroatoms. The number of hydrogen-bond donors (Lipinski definition) is 0. The number of ether oxygens (including phenoxy) is 2. The van der Waals surface area contributed by atoms with Crippen molar-refractivity contribution in [1.29, 1.82) is 0 Å². The van der Waals surface area contributed by atoms with E-state index in [1.165, 1.54) is 11.1 Å². The van der Waals surface area contributed by atoms with Gasteiger partial charge < -0.3 is 9.47 Å². The highest BCUT2D eigenvalue weighted by molar-refractivity contribution is 5.14. The number of hydrogen-bond acceptors (Lipinski definition) is 2. The lowest BCUT2D eigenvalue weighted by molar-refractivity contribution is 0.0339. The molecule has 0 fully saturated rings. The van der Waals surface area contributed by atoms with Crippen LogP contribution in [-0.4, -0.2) is 13.2 Å². The highest BCUT2D eigenvalue weighted by Gasteiger charge is 1.93. The van der Waals surface area contributed by atoms with Gasteiger partial charge >= 0.3 is 0 Å². The minimum atomic E-state index is 0.627. The zero-order chi connectivity index (χ0) is 12.5. The van der Waals surface area contributed by atoms with Crippen LogP contribution in [0.3, 0.4) is 0 Å². The summed E-state index contributed by atoms with van der Waals surface area (Å²) in [6, 6.07) is 20.3. The lowest BCUT2D eigenvalue weighted by Crippen LogP contribution is -2.04. The summed E-state index contributed by atoms with van der Waals surface area (Å²) in [6.45, 7) is 2.55. The quantitative estimate of drug-likeness (QED) is 0.693. The summed E-state index contributed by atoms with van der Waals surface area (Å²) in [4.78, 5) is 0. The van der Waals surface area contributed by atoms with Gasteiger partial charge in [-0.15, -0.1) is 0 Å². The summed E-state index contributed by atoms with van der Waals surface area (Å²) in [5, 5.41) is 0. The summed E-state index contributed by atoms with van der Waals surface area (Å²) in [6.07, 6.45) is 0. The molecule has 0 aliphatic heterocycles. The van der Waals surface area contributed by atoms with E-state index in [1.807, 2.05) is 36.4 Å². The molecule has 0 radical (unpaired) electrons. The Morgan fingerprint density at radius 2 is 0.944 bits per heavy atom. The van der Waals surface area contributed by atoms with E-state index in [1.54, 1.807) is 0 Å². The van der Waals surface area contributed by atoms with E-state index < -0.39 is 0 Å². The Bertz CT molecular complexity index is 382. The average Bonchev–Trinajstić information content (AvgIpc) is 2.45. The van der Waals surface area contributed by atoms with Crippen LogP contribution in [0.4, 0.5) is 0 Å². The van der Waals surface area contributed by atoms with Gasteiger partial charge in [0.1, 0.15) is 0 Å². The number of rotatable bonds is 7. The predicted octanol–water partition coefficient (Wildman–Crippen LogP) is 3.42. The van der Waals surface area contributed by atoms with E-state index in [2.05, 4.69) is 24.3 Å². The second-order valence-electron chi connectivity index (χ2n) is 4.08. The number of benzene rings is 2. The summed E-state index contributed by atoms with van der Waals surface area (Å²) >= 11 is 0. The Kier molecular flexibility index (Phi) is 5.44. The molecule has 2 rings (SSSR count). The molecule has 0 aliphatic rings. The van der Waals surface area contributed by atoms with Gasteiger partial charge in [0.05, 0.1) is 26.4 Å². The monoisotopic (exact) mass is 242 g/mol. The molecule has 2 nitrogen and oxygen atoms in total. The van der Waals surface area contributed by atoms with Crippen LogP contribution in [0.1, 0.15) is 11.1 Å². The third-order valence-electron chi connectivity index (χ3n) is 2.60. The van der Waals surface area contributed by atoms with E-state index >= 15 is 0 Å². The summed E-state index contributed by atoms with van der Waals surface area (Å²) < 4.78 is 11.1. The normalized spacial score (nSPS) is 10.4. The van der Waals surface area contributed by atoms with Crippen molar-refractivity contribution in [2.75, 3.05) is 13.2 Å². The van der Waals surface area contributed by atoms with Gasteiger partial charge in [-0.2, -0.15) is 0 Å². The van der Waals surface area contributed by atoms with Crippen molar-refractivity contribution < 1.29 is 9.47 Å². The maximum Gasteiger partial charge on any atom is 0.0718 e. The Morgan fingerprint density at radius 1 is 0.556 bits per heavy atom. The molecule has 0 saturated heterocycles. The first-order valence-corrected chi connectivity index (χ1v) is 6.18. The minimum absolute atomic E-state index is 0.627. The first kappa shape index (κ1) is 12.8. The SMILES string of the molecule is c1ccc(COCCOCc2ccccc2)cc1. The van der Waals surface area contributed by atoms with Gasteiger partial charge in [-0.1, -0.05) is 60.7 Å². The fraction of sp³-hybridized carbons (Fsp3) is 0.250. The first-order chi connectivity index (χ1) is 8.95. The average molecular weight is 242 g/mol. The lowest BCUT2D eigenvalue weighted by Gasteiger charge is -2.06. The molecule has 0 amide bonds. The highest BCUT2D eigenvalue weighted by Crippen LogP contribution is 2.02. The fourth-order valence-electron chi connectivity index (χ4n) is 1.65. The topological polar surface area (TPSA) is 18.5 Å². The predicted molar refractivity (Wildman–Crippen MR) is 72.2 cm³/mol. The Morgan fingerprint density at radius 3 is 1.33 bits per heavy atom. The van der Waals surface area contributed by atoms with Crippen molar-refractivity contribution in [2.24, 2.45) is 0 Å². The van der Waals surface area contributed by atoms with Crippen LogP contribution in [0, 0.1) is 0 Å². The van der Waals surface area contributed by atoms with E-state index in [4.69, 9.17) is 9.47 Å². The van der Waals surface area contributed by atoms with E-state index in [0.29, 0.717) is 26.4 Å². The van der Waals surface area contributed by atoms with Crippen LogP contribution < -0.4 is 0 Å². The van der Waals surface area contributed by atoms with Crippen LogP contribution in [-0.2, 0) is 22.7 Å². The molecule has 0 N–H and O–H groups in total. The summed E-state index contributed by atoms with van der Waals surface area (Å²) in [5.41, 5.74) is 2.39. The molecule has 0 aliphatic carbocycles. The van der Waals surface area contributed by atoms with Gasteiger partial charge in [0.2, 0.25) is 0 Å². The van der Waals surface area contributed by atoms with E-state index in [0.717, 1.165) is 0 Å². The van der Waals surface area contributed by atoms with Crippen molar-refractivity contribution in [3.63, 3.8) is 0 Å². The smallest absolute Gasteiger partial charge is 0.0718 e. The van der Waals surface area contributed by atoms with Crippen molar-refractivity contribution in [3.8, 4) is 0 Å². The van der Waals surface area contributed by atoms with Gasteiger partial charge in [0, 0.05) is 0 Å². The zero-order valence-corrected chi connectivity index (χ0v) is 10.4. The molecule has 0 bridgehead atoms. The van der Waals surface area contributed by atoms with E-state index in [9.17, 15) is 0 Å². The molecule has 0 aromatic heterocycles. The van der Waals surface area contributed by atoms with Crippen molar-refractivity contribution in [3.05, 3.63) is 71.8 Å². The third-order valence-corrected chi connectivity index (χ3v) is 2.60. The molecule has 0 unspecified atom stereocenters. The fourth-order valence-corrected chi connectivity index (χ4v) is 1.65. The lowest BCUT2D eigenvalue weighted by atomic mass is 10.2. The molecule has 0 saturated carbocycles. The van der Waals surface area contributed by atoms with Crippen LogP contribution in [0.5, 0.6) is 0 Å². The molecule has 94 valence electrons. The molecule has 0 heterocycles. The maximum absolute atomic E-state index is 5.53. The Labute approximate surface area is 108 Å². The summed E-state index contributed by atoms with van der Waals surface area (Å²) in [7, 11) is 0. The molecular formula is C16H18O2. The Balaban J connectivity index is 1.54. The molecule has 2 aromatic carbocycles. The molecule has 0 atom stereocenters. The van der Waals surface area contributed by atoms with Gasteiger partial charge in [-0.05, 0) is 11.1 Å². The molecule has 18 heavy (non-hydrogen) atoms. The zero-order valence-electron chi connectivity index (χ0n) is 10.4. The van der Waals surface area contributed by atoms with Crippen molar-refractivity contribution in [2.45, 2.75) is 13.2 Å². The van der Waals surface area contributed by atoms with Crippen LogP contribution in [0.25, 0.3) is 0 Å². The minimum Gasteiger partial charge on any atom is -0.374 e. The standard InChI is InChI=1S/C16H18O2/c1-3-7-15(8-4-1)13-17-11-12-18-14-16-9-5-2-6-10-16/h1-10H,11-14H2. The highest BCUT2D eigenvalue weighted by atomic mass is 16.5. The Hall–Kier alpha value is -1.64. The van der Waals surface area contributed by atoms with Gasteiger partial charge in [0.15, 0.2) is 0 Å². The third kappa shape index (κ3) is 4.70. The van der Waals surface area contributed by atoms with Crippen LogP contribution in [0.2, 0.25) is 0 Å². The largest absolute Gasteiger partial charge is 0.374 e. The van der Waals surface area contributed by atoms with E-state index in [-0.39, 0.29) is 0 Å². The second kappa shape index (κ2) is 7.64. The molecular weight excluding hydrogens is 224 g/mol. The second-order valence-corrected chi connectivity index (χ2v) is 4.08. The van der Waals surface area contributed by atoms with Crippen LogP contribution in [0.15, 0.2) is 60.7 Å². The van der Waals surface area contributed by atoms with Gasteiger partial charge in [-0.3, -0.25) is 0 Å². The van der Waals surface area contributed by atoms with Crippen molar-refractivity contribution in [1.82, 2.24) is 0 Å². The van der Waals surface area contributed by atoms with Crippen LogP contribution >= 0.6 is 0 Å². The summed E-state index contributed by atoms with van der Waals surface area (Å²) in [5.74, 6) is 0. The molecule has 2 aromatic rings. The maximum atomic E-state index is 5.53. The molecule has 0 spiro atoms.